The lowest BCUT2D eigenvalue weighted by atomic mass is 9.86. The van der Waals surface area contributed by atoms with E-state index in [0.29, 0.717) is 6.42 Å². The van der Waals surface area contributed by atoms with E-state index in [1.165, 1.54) is 11.1 Å². The number of hydrogen-bond acceptors (Lipinski definition) is 4. The molecule has 0 aromatic heterocycles. The Labute approximate surface area is 170 Å². The number of nitrogens with zero attached hydrogens (tertiary/aromatic N) is 1. The van der Waals surface area contributed by atoms with E-state index >= 15 is 0 Å². The quantitative estimate of drug-likeness (QED) is 0.472. The van der Waals surface area contributed by atoms with E-state index < -0.39 is 12.2 Å². The summed E-state index contributed by atoms with van der Waals surface area (Å²) >= 11 is 0. The fraction of sp³-hybridized carbons (Fsp3) is 0.667. The first-order chi connectivity index (χ1) is 13.5. The lowest BCUT2D eigenvalue weighted by Crippen LogP contribution is -2.17. The highest BCUT2D eigenvalue weighted by Crippen LogP contribution is 2.52. The number of fused-ring (bicyclic) bond motifs is 3. The van der Waals surface area contributed by atoms with Gasteiger partial charge in [-0.3, -0.25) is 0 Å². The molecule has 0 spiro atoms. The summed E-state index contributed by atoms with van der Waals surface area (Å²) < 4.78 is 6.34. The van der Waals surface area contributed by atoms with Crippen molar-refractivity contribution in [1.29, 1.82) is 0 Å². The summed E-state index contributed by atoms with van der Waals surface area (Å²) in [5.41, 5.74) is 2.52. The third kappa shape index (κ3) is 4.97. The van der Waals surface area contributed by atoms with Gasteiger partial charge in [-0.15, -0.1) is 0 Å². The molecule has 1 heterocycles. The first-order valence-corrected chi connectivity index (χ1v) is 11.0. The lowest BCUT2D eigenvalue weighted by Gasteiger charge is -2.18. The van der Waals surface area contributed by atoms with Crippen LogP contribution in [0.1, 0.15) is 62.5 Å². The van der Waals surface area contributed by atoms with Crippen LogP contribution in [0, 0.1) is 5.92 Å². The normalized spacial score (nSPS) is 27.2. The highest BCUT2D eigenvalue weighted by molar-refractivity contribution is 5.49. The Morgan fingerprint density at radius 1 is 1.25 bits per heavy atom. The molecule has 4 nitrogen and oxygen atoms in total. The van der Waals surface area contributed by atoms with Crippen molar-refractivity contribution in [2.24, 2.45) is 5.92 Å². The maximum absolute atomic E-state index is 10.6. The van der Waals surface area contributed by atoms with Gasteiger partial charge in [0, 0.05) is 23.8 Å². The molecule has 0 unspecified atom stereocenters. The van der Waals surface area contributed by atoms with E-state index in [1.54, 1.807) is 0 Å². The zero-order valence-electron chi connectivity index (χ0n) is 17.7. The summed E-state index contributed by atoms with van der Waals surface area (Å²) in [6.45, 7) is 3.24. The van der Waals surface area contributed by atoms with Gasteiger partial charge in [-0.25, -0.2) is 0 Å². The summed E-state index contributed by atoms with van der Waals surface area (Å²) in [7, 11) is 4.20. The third-order valence-electron chi connectivity index (χ3n) is 6.20. The van der Waals surface area contributed by atoms with Crippen LogP contribution in [0.15, 0.2) is 30.4 Å². The van der Waals surface area contributed by atoms with Crippen molar-refractivity contribution in [2.45, 2.75) is 76.1 Å². The van der Waals surface area contributed by atoms with Crippen LogP contribution in [0.3, 0.4) is 0 Å². The highest BCUT2D eigenvalue weighted by Gasteiger charge is 2.48. The second-order valence-corrected chi connectivity index (χ2v) is 8.75. The molecule has 2 aliphatic rings. The molecule has 0 saturated heterocycles. The van der Waals surface area contributed by atoms with Crippen LogP contribution in [-0.2, 0) is 6.42 Å². The van der Waals surface area contributed by atoms with Gasteiger partial charge in [-0.05, 0) is 45.5 Å². The highest BCUT2D eigenvalue weighted by atomic mass is 16.5. The van der Waals surface area contributed by atoms with E-state index in [1.807, 2.05) is 12.2 Å². The number of ether oxygens (including phenoxy) is 1. The number of benzene rings is 1. The third-order valence-corrected chi connectivity index (χ3v) is 6.20. The van der Waals surface area contributed by atoms with Crippen molar-refractivity contribution in [1.82, 2.24) is 4.90 Å². The van der Waals surface area contributed by atoms with Gasteiger partial charge in [0.2, 0.25) is 0 Å². The average Bonchev–Trinajstić information content (AvgIpc) is 3.15. The number of para-hydroxylation sites is 1. The Bertz CT molecular complexity index is 657. The van der Waals surface area contributed by atoms with Gasteiger partial charge in [0.25, 0.3) is 0 Å². The lowest BCUT2D eigenvalue weighted by molar-refractivity contribution is 0.135. The SMILES string of the molecule is CCCCC[C@H](O)C=C[C@@H]1[C@H]2c3cccc(CCCN(C)C)c3O[C@H]2C[C@H]1O. The molecule has 1 aliphatic heterocycles. The molecule has 3 rings (SSSR count). The predicted molar refractivity (Wildman–Crippen MR) is 114 cm³/mol. The summed E-state index contributed by atoms with van der Waals surface area (Å²) in [5, 5.41) is 20.8. The van der Waals surface area contributed by atoms with Gasteiger partial charge in [0.15, 0.2) is 0 Å². The summed E-state index contributed by atoms with van der Waals surface area (Å²) in [5.74, 6) is 1.26. The predicted octanol–water partition coefficient (Wildman–Crippen LogP) is 3.90. The molecule has 1 aromatic rings. The number of aliphatic hydroxyl groups excluding tert-OH is 2. The van der Waals surface area contributed by atoms with Crippen LogP contribution in [0.2, 0.25) is 0 Å². The number of aryl methyl sites for hydroxylation is 1. The largest absolute Gasteiger partial charge is 0.489 e. The van der Waals surface area contributed by atoms with E-state index in [4.69, 9.17) is 4.74 Å². The summed E-state index contributed by atoms with van der Waals surface area (Å²) in [6, 6.07) is 6.46. The van der Waals surface area contributed by atoms with E-state index in [9.17, 15) is 10.2 Å². The fourth-order valence-corrected chi connectivity index (χ4v) is 4.71. The van der Waals surface area contributed by atoms with Gasteiger partial charge < -0.3 is 19.8 Å². The minimum Gasteiger partial charge on any atom is -0.489 e. The first kappa shape index (κ1) is 21.4. The fourth-order valence-electron chi connectivity index (χ4n) is 4.71. The minimum atomic E-state index is -0.419. The Balaban J connectivity index is 1.70. The van der Waals surface area contributed by atoms with Gasteiger partial charge in [-0.1, -0.05) is 56.5 Å². The summed E-state index contributed by atoms with van der Waals surface area (Å²) in [4.78, 5) is 2.21. The zero-order valence-corrected chi connectivity index (χ0v) is 17.7. The molecule has 5 atom stereocenters. The molecule has 28 heavy (non-hydrogen) atoms. The molecule has 1 saturated carbocycles. The van der Waals surface area contributed by atoms with Crippen LogP contribution in [0.5, 0.6) is 5.75 Å². The van der Waals surface area contributed by atoms with Crippen LogP contribution in [-0.4, -0.2) is 54.1 Å². The maximum atomic E-state index is 10.6. The second kappa shape index (κ2) is 9.91. The van der Waals surface area contributed by atoms with Crippen LogP contribution in [0.4, 0.5) is 0 Å². The smallest absolute Gasteiger partial charge is 0.126 e. The Kier molecular flexibility index (Phi) is 7.55. The monoisotopic (exact) mass is 387 g/mol. The maximum Gasteiger partial charge on any atom is 0.126 e. The van der Waals surface area contributed by atoms with Crippen molar-refractivity contribution >= 4 is 0 Å². The molecule has 4 heteroatoms. The van der Waals surface area contributed by atoms with Gasteiger partial charge in [0.05, 0.1) is 12.2 Å². The van der Waals surface area contributed by atoms with Gasteiger partial charge >= 0.3 is 0 Å². The molecular formula is C24H37NO3. The van der Waals surface area contributed by atoms with Crippen LogP contribution >= 0.6 is 0 Å². The Morgan fingerprint density at radius 2 is 2.07 bits per heavy atom. The van der Waals surface area contributed by atoms with Crippen LogP contribution < -0.4 is 4.74 Å². The molecule has 156 valence electrons. The van der Waals surface area contributed by atoms with Crippen molar-refractivity contribution in [3.8, 4) is 5.75 Å². The van der Waals surface area contributed by atoms with E-state index in [0.717, 1.165) is 50.8 Å². The van der Waals surface area contributed by atoms with Crippen molar-refractivity contribution < 1.29 is 14.9 Å². The van der Waals surface area contributed by atoms with Crippen molar-refractivity contribution in [2.75, 3.05) is 20.6 Å². The Morgan fingerprint density at radius 3 is 2.82 bits per heavy atom. The molecule has 0 amide bonds. The molecule has 1 aromatic carbocycles. The average molecular weight is 388 g/mol. The van der Waals surface area contributed by atoms with Crippen molar-refractivity contribution in [3.05, 3.63) is 41.5 Å². The number of hydrogen-bond donors (Lipinski definition) is 2. The number of aliphatic hydroxyl groups is 2. The minimum absolute atomic E-state index is 0.0177. The Hall–Kier alpha value is -1.36. The molecule has 0 bridgehead atoms. The van der Waals surface area contributed by atoms with Crippen molar-refractivity contribution in [3.63, 3.8) is 0 Å². The van der Waals surface area contributed by atoms with E-state index in [2.05, 4.69) is 44.1 Å². The number of rotatable bonds is 10. The van der Waals surface area contributed by atoms with Gasteiger partial charge in [0.1, 0.15) is 11.9 Å². The second-order valence-electron chi connectivity index (χ2n) is 8.75. The topological polar surface area (TPSA) is 52.9 Å². The molecule has 1 aliphatic carbocycles. The van der Waals surface area contributed by atoms with Gasteiger partial charge in [-0.2, -0.15) is 0 Å². The number of unbranched alkanes of at least 4 members (excludes halogenated alkanes) is 2. The molecule has 1 fully saturated rings. The van der Waals surface area contributed by atoms with E-state index in [-0.39, 0.29) is 17.9 Å². The standard InChI is InChI=1S/C24H37NO3/c1-4-5-6-11-18(26)13-14-19-21(27)16-22-23(19)20-12-7-9-17(24(20)28-22)10-8-15-25(2)3/h7,9,12-14,18-19,21-23,26-27H,4-6,8,10-11,15-16H2,1-3H3/t18-,19-,21+,22-,23-/m0/s1. The summed E-state index contributed by atoms with van der Waals surface area (Å²) in [6.07, 6.45) is 10.1. The molecule has 2 N–H and O–H groups in total. The molecular weight excluding hydrogens is 350 g/mol. The van der Waals surface area contributed by atoms with Crippen LogP contribution in [0.25, 0.3) is 0 Å². The zero-order chi connectivity index (χ0) is 20.1. The molecule has 0 radical (unpaired) electrons. The first-order valence-electron chi connectivity index (χ1n) is 11.0.